The molecule has 0 aliphatic carbocycles. The van der Waals surface area contributed by atoms with E-state index in [1.54, 1.807) is 44.6 Å². The average Bonchev–Trinajstić information content (AvgIpc) is 2.07. The summed E-state index contributed by atoms with van der Waals surface area (Å²) in [6.07, 6.45) is 3.15. The Hall–Kier alpha value is -0.732. The maximum absolute atomic E-state index is 11.0. The summed E-state index contributed by atoms with van der Waals surface area (Å²) in [6, 6.07) is 3.29. The Labute approximate surface area is 75.6 Å². The maximum atomic E-state index is 11.0. The fourth-order valence-corrected chi connectivity index (χ4v) is 0.850. The van der Waals surface area contributed by atoms with Gasteiger partial charge in [0.1, 0.15) is 0 Å². The number of rotatable bonds is 2. The first-order valence-electron chi connectivity index (χ1n) is 2.92. The molecule has 0 fully saturated rings. The molecule has 0 aliphatic rings. The first-order chi connectivity index (χ1) is 5.34. The number of amides is 1. The van der Waals surface area contributed by atoms with E-state index in [0.717, 1.165) is 0 Å². The molecule has 1 aromatic rings. The van der Waals surface area contributed by atoms with Crippen molar-refractivity contribution in [2.24, 2.45) is 0 Å². The van der Waals surface area contributed by atoms with Crippen LogP contribution < -0.4 is 9.41 Å². The van der Waals surface area contributed by atoms with Crippen LogP contribution in [0.25, 0.3) is 0 Å². The molecule has 0 spiro atoms. The standard InChI is InChI=1S/C6H7N3O.Mo/c7-9-6(10)5-1-3-8-4-2-5;/h1-4H,(H3,7,8,9,10);/q;+1/p-1. The van der Waals surface area contributed by atoms with Crippen molar-refractivity contribution in [3.8, 4) is 0 Å². The molecule has 11 heavy (non-hydrogen) atoms. The molecule has 0 aromatic carbocycles. The third-order valence-electron chi connectivity index (χ3n) is 1.11. The van der Waals surface area contributed by atoms with Gasteiger partial charge in [0, 0.05) is 0 Å². The van der Waals surface area contributed by atoms with E-state index in [0.29, 0.717) is 5.56 Å². The second-order valence-corrected chi connectivity index (χ2v) is 2.29. The third kappa shape index (κ3) is 2.41. The zero-order valence-electron chi connectivity index (χ0n) is 5.57. The molecule has 0 unspecified atom stereocenters. The Bertz CT molecular complexity index is 239. The first-order valence-corrected chi connectivity index (χ1v) is 3.92. The molecule has 0 bridgehead atoms. The number of hydrogen-bond acceptors (Lipinski definition) is 3. The zero-order chi connectivity index (χ0) is 8.10. The summed E-state index contributed by atoms with van der Waals surface area (Å²) >= 11 is 1.57. The minimum atomic E-state index is -0.155. The normalized spacial score (nSPS) is 9.09. The van der Waals surface area contributed by atoms with E-state index in [1.165, 1.54) is 0 Å². The predicted octanol–water partition coefficient (Wildman–Crippen LogP) is -0.222. The van der Waals surface area contributed by atoms with Gasteiger partial charge in [-0.1, -0.05) is 0 Å². The van der Waals surface area contributed by atoms with Gasteiger partial charge < -0.3 is 0 Å². The number of carbonyl (C=O) groups is 1. The van der Waals surface area contributed by atoms with Crippen LogP contribution in [0.3, 0.4) is 0 Å². The number of nitrogens with zero attached hydrogens (tertiary/aromatic N) is 1. The molecule has 1 heterocycles. The van der Waals surface area contributed by atoms with Crippen molar-refractivity contribution in [1.82, 2.24) is 14.4 Å². The molecule has 57 valence electrons. The molecule has 0 saturated carbocycles. The molecule has 4 nitrogen and oxygen atoms in total. The minimum absolute atomic E-state index is 0.155. The molecule has 1 amide bonds. The molecule has 5 heteroatoms. The monoisotopic (exact) mass is 234 g/mol. The molecule has 0 saturated heterocycles. The molecular weight excluding hydrogens is 226 g/mol. The Kier molecular flexibility index (Phi) is 3.20. The van der Waals surface area contributed by atoms with E-state index in [-0.39, 0.29) is 5.91 Å². The van der Waals surface area contributed by atoms with Crippen LogP contribution in [0.1, 0.15) is 10.4 Å². The Morgan fingerprint density at radius 1 is 1.45 bits per heavy atom. The number of hydrazine groups is 1. The van der Waals surface area contributed by atoms with Crippen LogP contribution in [0.5, 0.6) is 0 Å². The van der Waals surface area contributed by atoms with Gasteiger partial charge in [-0.2, -0.15) is 0 Å². The van der Waals surface area contributed by atoms with E-state index in [9.17, 15) is 4.79 Å². The van der Waals surface area contributed by atoms with Crippen molar-refractivity contribution < 1.29 is 24.9 Å². The fourth-order valence-electron chi connectivity index (χ4n) is 0.622. The SMILES string of the molecule is O=C(N[NH][Mo])c1ccncc1. The number of hydrogen-bond donors (Lipinski definition) is 2. The summed E-state index contributed by atoms with van der Waals surface area (Å²) in [6.45, 7) is 0. The second kappa shape index (κ2) is 4.21. The summed E-state index contributed by atoms with van der Waals surface area (Å²) in [5.41, 5.74) is 3.04. The second-order valence-electron chi connectivity index (χ2n) is 1.79. The van der Waals surface area contributed by atoms with Crippen LogP contribution in [0, 0.1) is 0 Å². The molecule has 1 rings (SSSR count). The van der Waals surface area contributed by atoms with Crippen molar-refractivity contribution in [2.75, 3.05) is 0 Å². The van der Waals surface area contributed by atoms with Gasteiger partial charge in [-0.15, -0.1) is 0 Å². The predicted molar refractivity (Wildman–Crippen MR) is 34.8 cm³/mol. The molecule has 0 aliphatic heterocycles. The Morgan fingerprint density at radius 2 is 2.09 bits per heavy atom. The number of nitrogens with one attached hydrogen (secondary N) is 2. The molecule has 0 atom stereocenters. The van der Waals surface area contributed by atoms with Crippen molar-refractivity contribution in [3.63, 3.8) is 0 Å². The van der Waals surface area contributed by atoms with Gasteiger partial charge in [0.15, 0.2) is 0 Å². The molecule has 0 radical (unpaired) electrons. The quantitative estimate of drug-likeness (QED) is 0.547. The van der Waals surface area contributed by atoms with E-state index >= 15 is 0 Å². The third-order valence-corrected chi connectivity index (χ3v) is 1.36. The summed E-state index contributed by atoms with van der Waals surface area (Å²) < 4.78 is 2.56. The van der Waals surface area contributed by atoms with Crippen molar-refractivity contribution >= 4 is 5.91 Å². The van der Waals surface area contributed by atoms with Gasteiger partial charge in [-0.3, -0.25) is 0 Å². The van der Waals surface area contributed by atoms with Gasteiger partial charge in [0.05, 0.1) is 0 Å². The summed E-state index contributed by atoms with van der Waals surface area (Å²) in [5.74, 6) is -0.155. The fraction of sp³-hybridized carbons (Fsp3) is 0. The zero-order valence-corrected chi connectivity index (χ0v) is 7.58. The Morgan fingerprint density at radius 3 is 2.64 bits per heavy atom. The van der Waals surface area contributed by atoms with Gasteiger partial charge in [0.2, 0.25) is 0 Å². The van der Waals surface area contributed by atoms with Gasteiger partial charge >= 0.3 is 75.3 Å². The molecule has 1 aromatic heterocycles. The van der Waals surface area contributed by atoms with Crippen molar-refractivity contribution in [3.05, 3.63) is 30.1 Å². The van der Waals surface area contributed by atoms with Gasteiger partial charge in [0.25, 0.3) is 0 Å². The number of aromatic nitrogens is 1. The van der Waals surface area contributed by atoms with Crippen LogP contribution in [-0.4, -0.2) is 10.9 Å². The number of pyridine rings is 1. The van der Waals surface area contributed by atoms with Crippen LogP contribution in [0.15, 0.2) is 24.5 Å². The van der Waals surface area contributed by atoms with Crippen LogP contribution in [0.2, 0.25) is 0 Å². The first kappa shape index (κ1) is 8.37. The van der Waals surface area contributed by atoms with Crippen LogP contribution >= 0.6 is 0 Å². The van der Waals surface area contributed by atoms with Crippen molar-refractivity contribution in [1.29, 1.82) is 0 Å². The average molecular weight is 232 g/mol. The van der Waals surface area contributed by atoms with Gasteiger partial charge in [-0.05, 0) is 0 Å². The van der Waals surface area contributed by atoms with E-state index in [2.05, 4.69) is 14.4 Å². The molecule has 2 N–H and O–H groups in total. The molecular formula is C6H6MoN3O. The topological polar surface area (TPSA) is 54.0 Å². The van der Waals surface area contributed by atoms with E-state index in [4.69, 9.17) is 0 Å². The summed E-state index contributed by atoms with van der Waals surface area (Å²) in [4.78, 5) is 14.8. The van der Waals surface area contributed by atoms with Crippen LogP contribution in [-0.2, 0) is 20.1 Å². The Balaban J connectivity index is 2.69. The van der Waals surface area contributed by atoms with Gasteiger partial charge in [-0.25, -0.2) is 0 Å². The van der Waals surface area contributed by atoms with E-state index in [1.807, 2.05) is 0 Å². The number of carbonyl (C=O) groups excluding carboxylic acids is 1. The van der Waals surface area contributed by atoms with Crippen LogP contribution in [0.4, 0.5) is 0 Å². The van der Waals surface area contributed by atoms with Crippen molar-refractivity contribution in [2.45, 2.75) is 0 Å². The van der Waals surface area contributed by atoms with E-state index < -0.39 is 0 Å². The summed E-state index contributed by atoms with van der Waals surface area (Å²) in [5, 5.41) is 0. The summed E-state index contributed by atoms with van der Waals surface area (Å²) in [7, 11) is 0.